The average molecular weight is 205 g/mol. The highest BCUT2D eigenvalue weighted by molar-refractivity contribution is 5.91. The van der Waals surface area contributed by atoms with Gasteiger partial charge in [0.25, 0.3) is 0 Å². The number of carbonyl (C=O) groups is 1. The van der Waals surface area contributed by atoms with Gasteiger partial charge in [-0.3, -0.25) is 0 Å². The van der Waals surface area contributed by atoms with Crippen molar-refractivity contribution in [3.8, 4) is 0 Å². The van der Waals surface area contributed by atoms with E-state index in [4.69, 9.17) is 5.11 Å². The van der Waals surface area contributed by atoms with E-state index in [0.717, 1.165) is 24.1 Å². The number of aromatic carboxylic acids is 1. The molecule has 0 fully saturated rings. The molecule has 0 spiro atoms. The van der Waals surface area contributed by atoms with Gasteiger partial charge >= 0.3 is 5.97 Å². The highest BCUT2D eigenvalue weighted by Gasteiger charge is 2.27. The first-order valence-electron chi connectivity index (χ1n) is 5.25. The summed E-state index contributed by atoms with van der Waals surface area (Å²) in [7, 11) is 0. The Bertz CT molecular complexity index is 429. The number of aryl methyl sites for hydroxylation is 1. The summed E-state index contributed by atoms with van der Waals surface area (Å²) >= 11 is 0. The minimum atomic E-state index is -0.871. The largest absolute Gasteiger partial charge is 0.477 e. The molecule has 15 heavy (non-hydrogen) atoms. The molecule has 0 saturated heterocycles. The van der Waals surface area contributed by atoms with Crippen molar-refractivity contribution >= 4 is 12.0 Å². The van der Waals surface area contributed by atoms with Crippen LogP contribution in [0.4, 0.5) is 0 Å². The van der Waals surface area contributed by atoms with Gasteiger partial charge in [-0.1, -0.05) is 19.1 Å². The van der Waals surface area contributed by atoms with Crippen molar-refractivity contribution < 1.29 is 9.90 Å². The first-order chi connectivity index (χ1) is 7.15. The second kappa shape index (κ2) is 3.57. The standard InChI is InChI=1S/C12H15NO2/c1-3-4-8-10-7(2)5-6-9(10)13-11(8)12(14)15/h3-4,7,13H,5-6H2,1-2H3,(H,14,15). The van der Waals surface area contributed by atoms with Crippen molar-refractivity contribution in [1.29, 1.82) is 0 Å². The van der Waals surface area contributed by atoms with Gasteiger partial charge < -0.3 is 10.1 Å². The number of hydrogen-bond donors (Lipinski definition) is 2. The van der Waals surface area contributed by atoms with E-state index in [1.807, 2.05) is 19.1 Å². The zero-order valence-electron chi connectivity index (χ0n) is 9.00. The molecule has 0 amide bonds. The van der Waals surface area contributed by atoms with Crippen LogP contribution < -0.4 is 0 Å². The second-order valence-electron chi connectivity index (χ2n) is 4.05. The van der Waals surface area contributed by atoms with Gasteiger partial charge in [0.15, 0.2) is 0 Å². The number of aromatic nitrogens is 1. The predicted molar refractivity (Wildman–Crippen MR) is 59.2 cm³/mol. The van der Waals surface area contributed by atoms with Gasteiger partial charge in [0.05, 0.1) is 0 Å². The van der Waals surface area contributed by atoms with Crippen LogP contribution in [0.15, 0.2) is 6.08 Å². The number of carboxylic acids is 1. The van der Waals surface area contributed by atoms with Crippen LogP contribution in [-0.2, 0) is 6.42 Å². The van der Waals surface area contributed by atoms with E-state index < -0.39 is 5.97 Å². The molecule has 80 valence electrons. The Morgan fingerprint density at radius 2 is 2.33 bits per heavy atom. The molecule has 3 nitrogen and oxygen atoms in total. The Labute approximate surface area is 88.8 Å². The summed E-state index contributed by atoms with van der Waals surface area (Å²) in [6.07, 6.45) is 5.86. The number of H-pyrrole nitrogens is 1. The van der Waals surface area contributed by atoms with Crippen molar-refractivity contribution in [3.05, 3.63) is 28.6 Å². The Hall–Kier alpha value is -1.51. The van der Waals surface area contributed by atoms with Crippen LogP contribution in [0.1, 0.15) is 53.5 Å². The lowest BCUT2D eigenvalue weighted by Crippen LogP contribution is -2.00. The van der Waals surface area contributed by atoms with Gasteiger partial charge in [0.1, 0.15) is 5.69 Å². The van der Waals surface area contributed by atoms with E-state index in [9.17, 15) is 4.79 Å². The number of hydrogen-bond acceptors (Lipinski definition) is 1. The molecular weight excluding hydrogens is 190 g/mol. The van der Waals surface area contributed by atoms with Crippen LogP contribution in [0, 0.1) is 0 Å². The normalized spacial score (nSPS) is 19.7. The zero-order chi connectivity index (χ0) is 11.0. The van der Waals surface area contributed by atoms with Crippen LogP contribution in [0.3, 0.4) is 0 Å². The molecule has 1 aromatic rings. The molecule has 0 radical (unpaired) electrons. The lowest BCUT2D eigenvalue weighted by molar-refractivity contribution is 0.0690. The highest BCUT2D eigenvalue weighted by Crippen LogP contribution is 2.37. The fraction of sp³-hybridized carbons (Fsp3) is 0.417. The van der Waals surface area contributed by atoms with Crippen molar-refractivity contribution in [2.75, 3.05) is 0 Å². The first kappa shape index (κ1) is 10.0. The van der Waals surface area contributed by atoms with Crippen LogP contribution in [-0.4, -0.2) is 16.1 Å². The highest BCUT2D eigenvalue weighted by atomic mass is 16.4. The molecule has 1 unspecified atom stereocenters. The third-order valence-corrected chi connectivity index (χ3v) is 3.03. The molecule has 2 N–H and O–H groups in total. The van der Waals surface area contributed by atoms with Crippen LogP contribution in [0.5, 0.6) is 0 Å². The summed E-state index contributed by atoms with van der Waals surface area (Å²) in [6.45, 7) is 4.06. The SMILES string of the molecule is CC=Cc1c(C(=O)O)[nH]c2c1C(C)CC2. The zero-order valence-corrected chi connectivity index (χ0v) is 9.00. The first-order valence-corrected chi connectivity index (χ1v) is 5.25. The Morgan fingerprint density at radius 1 is 1.60 bits per heavy atom. The van der Waals surface area contributed by atoms with E-state index in [-0.39, 0.29) is 0 Å². The van der Waals surface area contributed by atoms with Crippen molar-refractivity contribution in [3.63, 3.8) is 0 Å². The number of nitrogens with one attached hydrogen (secondary N) is 1. The number of fused-ring (bicyclic) bond motifs is 1. The molecule has 1 aliphatic carbocycles. The van der Waals surface area contributed by atoms with Crippen LogP contribution in [0.25, 0.3) is 6.08 Å². The van der Waals surface area contributed by atoms with Gasteiger partial charge in [0.2, 0.25) is 0 Å². The van der Waals surface area contributed by atoms with Gasteiger partial charge in [-0.2, -0.15) is 0 Å². The lowest BCUT2D eigenvalue weighted by Gasteiger charge is -2.03. The van der Waals surface area contributed by atoms with Crippen molar-refractivity contribution in [2.45, 2.75) is 32.6 Å². The molecule has 1 heterocycles. The van der Waals surface area contributed by atoms with E-state index in [0.29, 0.717) is 11.6 Å². The number of allylic oxidation sites excluding steroid dienone is 1. The quantitative estimate of drug-likeness (QED) is 0.780. The monoisotopic (exact) mass is 205 g/mol. The molecule has 1 aromatic heterocycles. The van der Waals surface area contributed by atoms with Crippen LogP contribution in [0.2, 0.25) is 0 Å². The van der Waals surface area contributed by atoms with E-state index in [1.54, 1.807) is 0 Å². The van der Waals surface area contributed by atoms with Gasteiger partial charge in [-0.15, -0.1) is 0 Å². The van der Waals surface area contributed by atoms with Gasteiger partial charge in [0, 0.05) is 11.3 Å². The summed E-state index contributed by atoms with van der Waals surface area (Å²) in [5, 5.41) is 9.07. The van der Waals surface area contributed by atoms with E-state index >= 15 is 0 Å². The second-order valence-corrected chi connectivity index (χ2v) is 4.05. The average Bonchev–Trinajstić information content (AvgIpc) is 2.69. The molecule has 1 aliphatic rings. The Kier molecular flexibility index (Phi) is 2.39. The maximum absolute atomic E-state index is 11.0. The van der Waals surface area contributed by atoms with Gasteiger partial charge in [-0.05, 0) is 31.2 Å². The lowest BCUT2D eigenvalue weighted by atomic mass is 10.00. The molecule has 0 aromatic carbocycles. The maximum atomic E-state index is 11.0. The summed E-state index contributed by atoms with van der Waals surface area (Å²) in [5.41, 5.74) is 3.51. The third kappa shape index (κ3) is 1.48. The molecule has 0 aliphatic heterocycles. The molecule has 0 bridgehead atoms. The molecule has 1 atom stereocenters. The van der Waals surface area contributed by atoms with E-state index in [1.165, 1.54) is 5.56 Å². The number of carboxylic acid groups (broad SMARTS) is 1. The fourth-order valence-corrected chi connectivity index (χ4v) is 2.36. The molecule has 0 saturated carbocycles. The predicted octanol–water partition coefficient (Wildman–Crippen LogP) is 2.80. The third-order valence-electron chi connectivity index (χ3n) is 3.03. The van der Waals surface area contributed by atoms with Gasteiger partial charge in [-0.25, -0.2) is 4.79 Å². The minimum Gasteiger partial charge on any atom is -0.477 e. The summed E-state index contributed by atoms with van der Waals surface area (Å²) in [5.74, 6) is -0.403. The molecular formula is C12H15NO2. The number of aromatic amines is 1. The summed E-state index contributed by atoms with van der Waals surface area (Å²) in [4.78, 5) is 14.1. The van der Waals surface area contributed by atoms with Crippen LogP contribution >= 0.6 is 0 Å². The topological polar surface area (TPSA) is 53.1 Å². The maximum Gasteiger partial charge on any atom is 0.352 e. The minimum absolute atomic E-state index is 0.338. The summed E-state index contributed by atoms with van der Waals surface area (Å²) < 4.78 is 0. The fourth-order valence-electron chi connectivity index (χ4n) is 2.36. The van der Waals surface area contributed by atoms with Crippen molar-refractivity contribution in [2.24, 2.45) is 0 Å². The molecule has 2 rings (SSSR count). The Balaban J connectivity index is 2.60. The Morgan fingerprint density at radius 3 is 2.93 bits per heavy atom. The van der Waals surface area contributed by atoms with E-state index in [2.05, 4.69) is 11.9 Å². The number of rotatable bonds is 2. The molecule has 3 heteroatoms. The smallest absolute Gasteiger partial charge is 0.352 e. The summed E-state index contributed by atoms with van der Waals surface area (Å²) in [6, 6.07) is 0. The van der Waals surface area contributed by atoms with Crippen molar-refractivity contribution in [1.82, 2.24) is 4.98 Å².